The maximum absolute atomic E-state index is 9.97. The summed E-state index contributed by atoms with van der Waals surface area (Å²) in [5.41, 5.74) is -4.62. The van der Waals surface area contributed by atoms with Crippen molar-refractivity contribution in [1.29, 1.82) is 0 Å². The monoisotopic (exact) mass is 1340 g/mol. The fourth-order valence-electron chi connectivity index (χ4n) is 14.1. The molecule has 22 rings (SSSR count). The van der Waals surface area contributed by atoms with E-state index in [1.807, 2.05) is 84.9 Å². The molecule has 0 N–H and O–H groups in total. The molecule has 2 heterocycles. The van der Waals surface area contributed by atoms with Gasteiger partial charge in [0.2, 0.25) is 0 Å². The summed E-state index contributed by atoms with van der Waals surface area (Å²) >= 11 is 0. The Labute approximate surface area is 650 Å². The Bertz CT molecular complexity index is 9960. The Hall–Kier alpha value is -13.4. The maximum Gasteiger partial charge on any atom is 0.136 e. The third-order valence-corrected chi connectivity index (χ3v) is 18.4. The molecule has 20 aromatic carbocycles. The maximum atomic E-state index is 9.97. The molecule has 0 spiro atoms. The average molecular weight is 1340 g/mol. The van der Waals surface area contributed by atoms with Crippen LogP contribution in [-0.2, 0) is 0 Å². The Morgan fingerprint density at radius 3 is 1.33 bits per heavy atom. The minimum absolute atomic E-state index is 0.0195. The van der Waals surface area contributed by atoms with Crippen molar-refractivity contribution in [2.45, 2.75) is 0 Å². The lowest BCUT2D eigenvalue weighted by Crippen LogP contribution is -1.94. The van der Waals surface area contributed by atoms with Gasteiger partial charge in [0.05, 0.1) is 61.7 Å². The van der Waals surface area contributed by atoms with Crippen LogP contribution in [0.3, 0.4) is 0 Å². The van der Waals surface area contributed by atoms with Gasteiger partial charge in [-0.15, -0.1) is 0 Å². The van der Waals surface area contributed by atoms with Gasteiger partial charge in [0.15, 0.2) is 0 Å². The molecule has 102 heavy (non-hydrogen) atoms. The molecule has 472 valence electrons. The lowest BCUT2D eigenvalue weighted by Gasteiger charge is -2.21. The lowest BCUT2D eigenvalue weighted by molar-refractivity contribution is 0.669. The summed E-state index contributed by atoms with van der Waals surface area (Å²) in [4.78, 5) is 0. The largest absolute Gasteiger partial charge is 0.456 e. The van der Waals surface area contributed by atoms with Crippen LogP contribution in [0.5, 0.6) is 0 Å². The van der Waals surface area contributed by atoms with Crippen molar-refractivity contribution in [1.82, 2.24) is 0 Å². The molecule has 0 saturated heterocycles. The predicted octanol–water partition coefficient (Wildman–Crippen LogP) is 28.7. The first-order valence-electron chi connectivity index (χ1n) is 54.0. The van der Waals surface area contributed by atoms with Crippen LogP contribution in [0.4, 0.5) is 0 Å². The van der Waals surface area contributed by atoms with Gasteiger partial charge < -0.3 is 8.83 Å². The molecule has 0 aliphatic heterocycles. The number of rotatable bonds is 6. The molecule has 22 aromatic rings. The third-order valence-electron chi connectivity index (χ3n) is 18.4. The van der Waals surface area contributed by atoms with E-state index in [0.717, 1.165) is 26.9 Å². The Balaban J connectivity index is 0.000000176. The van der Waals surface area contributed by atoms with Gasteiger partial charge in [-0.05, 0) is 217 Å². The van der Waals surface area contributed by atoms with E-state index < -0.39 is 397 Å². The van der Waals surface area contributed by atoms with Gasteiger partial charge in [-0.1, -0.05) is 321 Å². The SMILES string of the molecule is [2H]c1c([2H])c([2H])c2c(-c3c4c([2H])c([2H])c([2H])c([2H])c4c(-c4c([2H])c([2H])c5c([2H])c([2H])c([2H])c([2H])c5c4-c4c([2H])c([2H])c5c(oc6c([2H])c([2H])c7c([2H])c([2H])c([2H])c([2H])c7c65)c4[2H])c4c([2H])c([2H])c([2H])c([2H])c34)c([2H])c([2H])c([2H])c2c1[2H].[2H]c1c([2H])c([2H])c2c([2H])c(-c3c4c([2H])c([2H])c([2H])c([2H])c4c(-c4ccc5ccccc5c4-c4ccc5c(c4)oc4ccc6ccccc6c45)c4c([2H])c([2H])c([2H])c([2H])c34)c([2H])c([2H])c2c1[2H]. The van der Waals surface area contributed by atoms with Crippen LogP contribution in [0, 0.1) is 0 Å². The van der Waals surface area contributed by atoms with E-state index in [4.69, 9.17) is 47.2 Å². The van der Waals surface area contributed by atoms with E-state index in [-0.39, 0.29) is 32.7 Å². The molecule has 2 heteroatoms. The van der Waals surface area contributed by atoms with Crippen LogP contribution in [0.15, 0.2) is 372 Å². The highest BCUT2D eigenvalue weighted by Crippen LogP contribution is 2.52. The van der Waals surface area contributed by atoms with Crippen molar-refractivity contribution in [2.75, 3.05) is 0 Å². The van der Waals surface area contributed by atoms with Crippen molar-refractivity contribution in [2.24, 2.45) is 0 Å². The zero-order chi connectivity index (χ0) is 106. The van der Waals surface area contributed by atoms with E-state index in [0.29, 0.717) is 33.2 Å². The summed E-state index contributed by atoms with van der Waals surface area (Å²) in [5.74, 6) is 0. The normalized spacial score (nSPS) is 18.1. The van der Waals surface area contributed by atoms with Gasteiger partial charge >= 0.3 is 0 Å². The Kier molecular flexibility index (Phi) is 6.53. The van der Waals surface area contributed by atoms with Crippen LogP contribution < -0.4 is 0 Å². The van der Waals surface area contributed by atoms with Crippen molar-refractivity contribution >= 4 is 152 Å². The van der Waals surface area contributed by atoms with Gasteiger partial charge in [0.25, 0.3) is 0 Å². The highest BCUT2D eigenvalue weighted by molar-refractivity contribution is 6.28. The molecular formula is C100H60O2. The van der Waals surface area contributed by atoms with Gasteiger partial charge in [-0.2, -0.15) is 0 Å². The molecule has 0 unspecified atom stereocenters. The standard InChI is InChI=1S/2C50H30O/c1-4-16-35-31(12-1)15-11-23-38(35)48-39-19-7-9-21-41(39)49(42-22-10-8-20-40(42)48)44-28-24-32-13-2-5-17-36(32)47(44)34-25-27-43-46(30-34)51-45-29-26-33-14-3-6-18-37(33)50(43)45;1-2-14-34-29-35(22-21-31(34)11-1)48-39-17-7-9-19-41(39)49(42-20-10-8-18-40(42)48)44-27-23-32-12-3-5-15-37(32)47(44)36-24-26-43-46(30-36)51-45-28-25-33-13-4-6-16-38(33)50(43)45/h2*1-30H/i1D,2D,3D,4D,5D,6D,7D,8D,9D,10D,11D,12D,13D,14D,15D,16D,17D,18D,19D,20D,21D,22D,23D,24D,25D,26D,27D,28D,29D,30D;1D,2D,7D,8D,9D,10D,11D,14D,17D,18D,19D,20D,21D,22D,29D. The van der Waals surface area contributed by atoms with Crippen LogP contribution in [0.1, 0.15) is 61.7 Å². The molecular weight excluding hydrogens is 1230 g/mol. The second kappa shape index (κ2) is 23.1. The molecule has 0 aliphatic carbocycles. The molecule has 0 saturated carbocycles. The summed E-state index contributed by atoms with van der Waals surface area (Å²) in [6, 6.07) is -10.5. The molecule has 2 nitrogen and oxygen atoms in total. The fourth-order valence-corrected chi connectivity index (χ4v) is 14.1. The topological polar surface area (TPSA) is 26.3 Å². The zero-order valence-corrected chi connectivity index (χ0v) is 52.0. The highest BCUT2D eigenvalue weighted by Gasteiger charge is 2.25. The van der Waals surface area contributed by atoms with Crippen molar-refractivity contribution in [3.05, 3.63) is 363 Å². The molecule has 0 amide bonds. The quantitative estimate of drug-likeness (QED) is 0.155. The second-order valence-corrected chi connectivity index (χ2v) is 23.7. The fraction of sp³-hybridized carbons (Fsp3) is 0. The molecule has 0 radical (unpaired) electrons. The first-order chi connectivity index (χ1) is 69.3. The van der Waals surface area contributed by atoms with E-state index >= 15 is 0 Å². The smallest absolute Gasteiger partial charge is 0.136 e. The zero-order valence-electron chi connectivity index (χ0n) is 97.0. The Morgan fingerprint density at radius 1 is 0.186 bits per heavy atom. The molecule has 0 atom stereocenters. The highest BCUT2D eigenvalue weighted by atomic mass is 16.3. The number of furan rings is 2. The van der Waals surface area contributed by atoms with Crippen molar-refractivity contribution in [3.63, 3.8) is 0 Å². The number of benzene rings is 20. The van der Waals surface area contributed by atoms with Gasteiger partial charge in [-0.3, -0.25) is 0 Å². The summed E-state index contributed by atoms with van der Waals surface area (Å²) < 4.78 is 424. The number of hydrogen-bond acceptors (Lipinski definition) is 2. The predicted molar refractivity (Wildman–Crippen MR) is 435 cm³/mol. The van der Waals surface area contributed by atoms with Crippen LogP contribution in [-0.4, -0.2) is 0 Å². The van der Waals surface area contributed by atoms with Crippen LogP contribution in [0.2, 0.25) is 0 Å². The van der Waals surface area contributed by atoms with Crippen molar-refractivity contribution < 1.29 is 70.5 Å². The third kappa shape index (κ3) is 9.00. The average Bonchev–Trinajstić information content (AvgIpc) is 1.52. The summed E-state index contributed by atoms with van der Waals surface area (Å²) in [6.45, 7) is 0. The van der Waals surface area contributed by atoms with Crippen LogP contribution in [0.25, 0.3) is 218 Å². The molecule has 0 fully saturated rings. The van der Waals surface area contributed by atoms with Gasteiger partial charge in [-0.25, -0.2) is 0 Å². The van der Waals surface area contributed by atoms with Crippen LogP contribution >= 0.6 is 0 Å². The molecule has 2 aromatic heterocycles. The molecule has 0 aliphatic rings. The lowest BCUT2D eigenvalue weighted by atomic mass is 9.82. The summed E-state index contributed by atoms with van der Waals surface area (Å²) in [7, 11) is 0. The van der Waals surface area contributed by atoms with E-state index in [1.54, 1.807) is 6.07 Å². The number of fused-ring (bicyclic) bond motifs is 18. The minimum Gasteiger partial charge on any atom is -0.456 e. The molecule has 0 bridgehead atoms. The Morgan fingerprint density at radius 2 is 0.647 bits per heavy atom. The van der Waals surface area contributed by atoms with Gasteiger partial charge in [0.1, 0.15) is 22.3 Å². The first-order valence-corrected chi connectivity index (χ1v) is 31.5. The van der Waals surface area contributed by atoms with E-state index in [1.165, 1.54) is 0 Å². The number of hydrogen-bond donors (Lipinski definition) is 0. The van der Waals surface area contributed by atoms with Gasteiger partial charge in [0, 0.05) is 21.5 Å². The summed E-state index contributed by atoms with van der Waals surface area (Å²) in [5, 5.41) is -4.72. The van der Waals surface area contributed by atoms with E-state index in [2.05, 4.69) is 0 Å². The first kappa shape index (κ1) is 28.8. The second-order valence-electron chi connectivity index (χ2n) is 23.7. The summed E-state index contributed by atoms with van der Waals surface area (Å²) in [6.07, 6.45) is 0. The minimum atomic E-state index is -1.14. The van der Waals surface area contributed by atoms with E-state index in [9.17, 15) is 23.3 Å². The van der Waals surface area contributed by atoms with Crippen molar-refractivity contribution in [3.8, 4) is 66.8 Å².